The van der Waals surface area contributed by atoms with Crippen molar-refractivity contribution in [3.05, 3.63) is 52.0 Å². The van der Waals surface area contributed by atoms with Crippen LogP contribution in [-0.4, -0.2) is 73.4 Å². The van der Waals surface area contributed by atoms with Crippen molar-refractivity contribution in [2.75, 3.05) is 46.9 Å². The molecule has 1 fully saturated rings. The van der Waals surface area contributed by atoms with Gasteiger partial charge < -0.3 is 14.5 Å². The van der Waals surface area contributed by atoms with E-state index < -0.39 is 5.82 Å². The summed E-state index contributed by atoms with van der Waals surface area (Å²) >= 11 is 1.44. The molecule has 1 saturated heterocycles. The first kappa shape index (κ1) is 20.3. The molecule has 1 aromatic carbocycles. The molecular formula is C20H24FN3O3S. The minimum absolute atomic E-state index is 0.0331. The molecule has 1 aromatic heterocycles. The number of carbonyl (C=O) groups is 2. The van der Waals surface area contributed by atoms with Crippen LogP contribution in [0.15, 0.2) is 35.7 Å². The Balaban J connectivity index is 1.47. The van der Waals surface area contributed by atoms with Crippen LogP contribution in [0.3, 0.4) is 0 Å². The third kappa shape index (κ3) is 4.88. The fourth-order valence-electron chi connectivity index (χ4n) is 3.15. The van der Waals surface area contributed by atoms with Gasteiger partial charge in [0.1, 0.15) is 0 Å². The van der Waals surface area contributed by atoms with Gasteiger partial charge in [-0.2, -0.15) is 0 Å². The SMILES string of the molecule is COc1ccc(CN(C)C(=O)CN2CCN(C(=O)c3cccs3)CC2)cc1F. The van der Waals surface area contributed by atoms with E-state index in [1.54, 1.807) is 24.1 Å². The second-order valence-corrected chi connectivity index (χ2v) is 7.71. The number of benzene rings is 1. The molecule has 0 unspecified atom stereocenters. The summed E-state index contributed by atoms with van der Waals surface area (Å²) in [5.41, 5.74) is 0.709. The van der Waals surface area contributed by atoms with Gasteiger partial charge in [-0.3, -0.25) is 14.5 Å². The molecule has 150 valence electrons. The van der Waals surface area contributed by atoms with Crippen LogP contribution in [0.1, 0.15) is 15.2 Å². The molecule has 0 spiro atoms. The third-order valence-corrected chi connectivity index (χ3v) is 5.67. The normalized spacial score (nSPS) is 14.8. The Morgan fingerprint density at radius 2 is 1.96 bits per heavy atom. The van der Waals surface area contributed by atoms with Crippen molar-refractivity contribution in [3.63, 3.8) is 0 Å². The van der Waals surface area contributed by atoms with Crippen LogP contribution in [0.4, 0.5) is 4.39 Å². The van der Waals surface area contributed by atoms with Crippen molar-refractivity contribution in [2.45, 2.75) is 6.54 Å². The number of nitrogens with zero attached hydrogens (tertiary/aromatic N) is 3. The van der Waals surface area contributed by atoms with Crippen LogP contribution in [-0.2, 0) is 11.3 Å². The van der Waals surface area contributed by atoms with Gasteiger partial charge >= 0.3 is 0 Å². The molecule has 3 rings (SSSR count). The molecule has 0 aliphatic carbocycles. The molecule has 2 heterocycles. The van der Waals surface area contributed by atoms with Gasteiger partial charge in [0.15, 0.2) is 11.6 Å². The summed E-state index contributed by atoms with van der Waals surface area (Å²) < 4.78 is 18.7. The molecule has 8 heteroatoms. The van der Waals surface area contributed by atoms with Crippen LogP contribution in [0.5, 0.6) is 5.75 Å². The van der Waals surface area contributed by atoms with E-state index in [1.807, 2.05) is 27.3 Å². The highest BCUT2D eigenvalue weighted by Crippen LogP contribution is 2.19. The first-order valence-electron chi connectivity index (χ1n) is 9.09. The fourth-order valence-corrected chi connectivity index (χ4v) is 3.84. The van der Waals surface area contributed by atoms with E-state index in [4.69, 9.17) is 4.74 Å². The highest BCUT2D eigenvalue weighted by Gasteiger charge is 2.24. The van der Waals surface area contributed by atoms with E-state index in [9.17, 15) is 14.0 Å². The van der Waals surface area contributed by atoms with Crippen molar-refractivity contribution in [1.82, 2.24) is 14.7 Å². The number of amides is 2. The van der Waals surface area contributed by atoms with Gasteiger partial charge in [0, 0.05) is 39.8 Å². The predicted molar refractivity (Wildman–Crippen MR) is 106 cm³/mol. The number of carbonyl (C=O) groups excluding carboxylic acids is 2. The zero-order valence-electron chi connectivity index (χ0n) is 16.1. The van der Waals surface area contributed by atoms with Crippen LogP contribution < -0.4 is 4.74 Å². The van der Waals surface area contributed by atoms with Gasteiger partial charge in [0.2, 0.25) is 5.91 Å². The Kier molecular flexibility index (Phi) is 6.64. The quantitative estimate of drug-likeness (QED) is 0.740. The summed E-state index contributed by atoms with van der Waals surface area (Å²) in [4.78, 5) is 31.1. The predicted octanol–water partition coefficient (Wildman–Crippen LogP) is 2.31. The van der Waals surface area contributed by atoms with Crippen molar-refractivity contribution in [2.24, 2.45) is 0 Å². The average Bonchev–Trinajstić information content (AvgIpc) is 3.23. The summed E-state index contributed by atoms with van der Waals surface area (Å²) in [7, 11) is 3.13. The second-order valence-electron chi connectivity index (χ2n) is 6.76. The summed E-state index contributed by atoms with van der Waals surface area (Å²) in [6.45, 7) is 3.16. The van der Waals surface area contributed by atoms with E-state index in [1.165, 1.54) is 24.5 Å². The summed E-state index contributed by atoms with van der Waals surface area (Å²) in [6, 6.07) is 8.40. The average molecular weight is 405 g/mol. The summed E-state index contributed by atoms with van der Waals surface area (Å²) in [6.07, 6.45) is 0. The largest absolute Gasteiger partial charge is 0.494 e. The number of thiophene rings is 1. The van der Waals surface area contributed by atoms with Gasteiger partial charge in [-0.1, -0.05) is 12.1 Å². The van der Waals surface area contributed by atoms with Crippen LogP contribution in [0.25, 0.3) is 0 Å². The molecule has 1 aliphatic rings. The van der Waals surface area contributed by atoms with Crippen LogP contribution in [0.2, 0.25) is 0 Å². The smallest absolute Gasteiger partial charge is 0.264 e. The van der Waals surface area contributed by atoms with Gasteiger partial charge in [-0.15, -0.1) is 11.3 Å². The molecule has 0 radical (unpaired) electrons. The Bertz CT molecular complexity index is 820. The third-order valence-electron chi connectivity index (χ3n) is 4.81. The Morgan fingerprint density at radius 3 is 2.57 bits per heavy atom. The molecule has 0 N–H and O–H groups in total. The molecule has 2 aromatic rings. The minimum atomic E-state index is -0.438. The molecule has 6 nitrogen and oxygen atoms in total. The van der Waals surface area contributed by atoms with Crippen molar-refractivity contribution in [3.8, 4) is 5.75 Å². The standard InChI is InChI=1S/C20H24FN3O3S/c1-22(13-15-5-6-17(27-2)16(21)12-15)19(25)14-23-7-9-24(10-8-23)20(26)18-4-3-11-28-18/h3-6,11-12H,7-10,13-14H2,1-2H3. The Hall–Kier alpha value is -2.45. The lowest BCUT2D eigenvalue weighted by atomic mass is 10.2. The van der Waals surface area contributed by atoms with Gasteiger partial charge in [0.05, 0.1) is 18.5 Å². The van der Waals surface area contributed by atoms with E-state index in [0.717, 1.165) is 4.88 Å². The van der Waals surface area contributed by atoms with Gasteiger partial charge in [-0.25, -0.2) is 4.39 Å². The molecule has 0 bridgehead atoms. The summed E-state index contributed by atoms with van der Waals surface area (Å²) in [5, 5.41) is 1.90. The number of hydrogen-bond donors (Lipinski definition) is 0. The maximum atomic E-state index is 13.8. The van der Waals surface area contributed by atoms with Gasteiger partial charge in [0.25, 0.3) is 5.91 Å². The number of rotatable bonds is 6. The minimum Gasteiger partial charge on any atom is -0.494 e. The molecule has 28 heavy (non-hydrogen) atoms. The monoisotopic (exact) mass is 405 g/mol. The zero-order chi connectivity index (χ0) is 20.1. The van der Waals surface area contributed by atoms with Crippen molar-refractivity contribution in [1.29, 1.82) is 0 Å². The maximum absolute atomic E-state index is 13.8. The fraction of sp³-hybridized carbons (Fsp3) is 0.400. The maximum Gasteiger partial charge on any atom is 0.264 e. The lowest BCUT2D eigenvalue weighted by molar-refractivity contribution is -0.132. The van der Waals surface area contributed by atoms with E-state index >= 15 is 0 Å². The number of likely N-dealkylation sites (N-methyl/N-ethyl adjacent to an activating group) is 1. The van der Waals surface area contributed by atoms with Crippen LogP contribution >= 0.6 is 11.3 Å². The lowest BCUT2D eigenvalue weighted by Gasteiger charge is -2.34. The van der Waals surface area contributed by atoms with Crippen molar-refractivity contribution >= 4 is 23.2 Å². The van der Waals surface area contributed by atoms with E-state index in [2.05, 4.69) is 0 Å². The van der Waals surface area contributed by atoms with Crippen molar-refractivity contribution < 1.29 is 18.7 Å². The molecular weight excluding hydrogens is 381 g/mol. The molecule has 2 amide bonds. The number of halogens is 1. The van der Waals surface area contributed by atoms with Crippen LogP contribution in [0, 0.1) is 5.82 Å². The second kappa shape index (κ2) is 9.16. The lowest BCUT2D eigenvalue weighted by Crippen LogP contribution is -2.51. The van der Waals surface area contributed by atoms with Gasteiger partial charge in [-0.05, 0) is 29.1 Å². The molecule has 0 atom stereocenters. The Labute approximate surface area is 168 Å². The van der Waals surface area contributed by atoms with E-state index in [0.29, 0.717) is 38.3 Å². The number of hydrogen-bond acceptors (Lipinski definition) is 5. The van der Waals surface area contributed by atoms with E-state index in [-0.39, 0.29) is 24.1 Å². The Morgan fingerprint density at radius 1 is 1.21 bits per heavy atom. The number of methoxy groups -OCH3 is 1. The molecule has 1 aliphatic heterocycles. The number of ether oxygens (including phenoxy) is 1. The first-order valence-corrected chi connectivity index (χ1v) is 9.97. The zero-order valence-corrected chi connectivity index (χ0v) is 16.9. The first-order chi connectivity index (χ1) is 13.5. The topological polar surface area (TPSA) is 53.1 Å². The molecule has 0 saturated carbocycles. The number of piperazine rings is 1. The highest BCUT2D eigenvalue weighted by atomic mass is 32.1. The highest BCUT2D eigenvalue weighted by molar-refractivity contribution is 7.12. The summed E-state index contributed by atoms with van der Waals surface area (Å²) in [5.74, 6) is -0.228.